The first kappa shape index (κ1) is 15.1. The molecule has 26 heavy (non-hydrogen) atoms. The van der Waals surface area contributed by atoms with Crippen LogP contribution >= 0.6 is 0 Å². The fraction of sp³-hybridized carbons (Fsp3) is 0.130. The van der Waals surface area contributed by atoms with Crippen LogP contribution < -0.4 is 14.2 Å². The predicted molar refractivity (Wildman–Crippen MR) is 106 cm³/mol. The summed E-state index contributed by atoms with van der Waals surface area (Å²) in [5.41, 5.74) is 4.92. The maximum atomic E-state index is 5.70. The molecule has 3 nitrogen and oxygen atoms in total. The van der Waals surface area contributed by atoms with E-state index in [9.17, 15) is 0 Å². The van der Waals surface area contributed by atoms with Crippen LogP contribution in [0.3, 0.4) is 0 Å². The Balaban J connectivity index is 1.98. The minimum Gasteiger partial charge on any atom is -0.497 e. The monoisotopic (exact) mass is 342 g/mol. The fourth-order valence-electron chi connectivity index (χ4n) is 4.16. The van der Waals surface area contributed by atoms with Gasteiger partial charge in [0.25, 0.3) is 0 Å². The highest BCUT2D eigenvalue weighted by molar-refractivity contribution is 6.24. The van der Waals surface area contributed by atoms with Gasteiger partial charge in [0, 0.05) is 5.39 Å². The third kappa shape index (κ3) is 1.83. The summed E-state index contributed by atoms with van der Waals surface area (Å²) < 4.78 is 16.7. The van der Waals surface area contributed by atoms with E-state index in [4.69, 9.17) is 14.2 Å². The fourth-order valence-corrected chi connectivity index (χ4v) is 4.16. The van der Waals surface area contributed by atoms with Crippen molar-refractivity contribution in [3.8, 4) is 39.5 Å². The molecule has 0 unspecified atom stereocenters. The van der Waals surface area contributed by atoms with Crippen LogP contribution in [-0.4, -0.2) is 21.3 Å². The van der Waals surface area contributed by atoms with Crippen LogP contribution in [0, 0.1) is 0 Å². The highest BCUT2D eigenvalue weighted by Gasteiger charge is 2.24. The Morgan fingerprint density at radius 3 is 2.23 bits per heavy atom. The van der Waals surface area contributed by atoms with Crippen molar-refractivity contribution in [2.75, 3.05) is 21.3 Å². The van der Waals surface area contributed by atoms with Gasteiger partial charge in [-0.3, -0.25) is 0 Å². The topological polar surface area (TPSA) is 27.7 Å². The smallest absolute Gasteiger partial charge is 0.168 e. The first-order valence-corrected chi connectivity index (χ1v) is 8.56. The molecule has 0 aromatic heterocycles. The molecular formula is C23H18O3. The molecule has 0 fully saturated rings. The van der Waals surface area contributed by atoms with Gasteiger partial charge in [-0.15, -0.1) is 0 Å². The van der Waals surface area contributed by atoms with E-state index >= 15 is 0 Å². The molecule has 128 valence electrons. The van der Waals surface area contributed by atoms with E-state index in [2.05, 4.69) is 42.5 Å². The molecule has 0 bridgehead atoms. The van der Waals surface area contributed by atoms with Gasteiger partial charge in [0.15, 0.2) is 11.5 Å². The van der Waals surface area contributed by atoms with Crippen molar-refractivity contribution in [3.05, 3.63) is 54.6 Å². The maximum absolute atomic E-state index is 5.70. The van der Waals surface area contributed by atoms with Gasteiger partial charge in [-0.25, -0.2) is 0 Å². The molecule has 4 aromatic rings. The summed E-state index contributed by atoms with van der Waals surface area (Å²) in [6.07, 6.45) is 0. The van der Waals surface area contributed by atoms with E-state index in [-0.39, 0.29) is 0 Å². The van der Waals surface area contributed by atoms with Crippen molar-refractivity contribution >= 4 is 21.5 Å². The van der Waals surface area contributed by atoms with Crippen LogP contribution in [0.25, 0.3) is 43.8 Å². The Kier molecular flexibility index (Phi) is 3.13. The second-order valence-electron chi connectivity index (χ2n) is 6.46. The summed E-state index contributed by atoms with van der Waals surface area (Å²) in [6.45, 7) is 0. The second kappa shape index (κ2) is 5.40. The molecular weight excluding hydrogens is 324 g/mol. The zero-order valence-electron chi connectivity index (χ0n) is 14.9. The SMILES string of the molecule is COc1ccc2c(c1)-c1cc3c(OC)c(OC)ccc3c3cccc-2c13. The third-order valence-electron chi connectivity index (χ3n) is 5.30. The summed E-state index contributed by atoms with van der Waals surface area (Å²) in [5, 5.41) is 4.74. The third-order valence-corrected chi connectivity index (χ3v) is 5.30. The van der Waals surface area contributed by atoms with Crippen LogP contribution in [0.1, 0.15) is 0 Å². The Morgan fingerprint density at radius 1 is 0.577 bits per heavy atom. The molecule has 0 N–H and O–H groups in total. The van der Waals surface area contributed by atoms with Gasteiger partial charge in [-0.2, -0.15) is 0 Å². The van der Waals surface area contributed by atoms with E-state index in [1.807, 2.05) is 12.1 Å². The minimum atomic E-state index is 0.742. The Labute approximate surface area is 151 Å². The average Bonchev–Trinajstić information content (AvgIpc) is 3.01. The van der Waals surface area contributed by atoms with Crippen molar-refractivity contribution in [2.45, 2.75) is 0 Å². The number of hydrogen-bond acceptors (Lipinski definition) is 3. The molecule has 0 saturated carbocycles. The van der Waals surface area contributed by atoms with Crippen LogP contribution in [0.4, 0.5) is 0 Å². The van der Waals surface area contributed by atoms with Crippen molar-refractivity contribution in [1.29, 1.82) is 0 Å². The molecule has 0 radical (unpaired) electrons. The number of rotatable bonds is 3. The van der Waals surface area contributed by atoms with Crippen LogP contribution in [0.2, 0.25) is 0 Å². The van der Waals surface area contributed by atoms with Gasteiger partial charge in [-0.1, -0.05) is 24.3 Å². The Morgan fingerprint density at radius 2 is 1.46 bits per heavy atom. The Bertz CT molecular complexity index is 1190. The molecule has 1 aliphatic carbocycles. The van der Waals surface area contributed by atoms with Gasteiger partial charge in [0.1, 0.15) is 5.75 Å². The van der Waals surface area contributed by atoms with Crippen molar-refractivity contribution < 1.29 is 14.2 Å². The minimum absolute atomic E-state index is 0.742. The van der Waals surface area contributed by atoms with Crippen molar-refractivity contribution in [1.82, 2.24) is 0 Å². The summed E-state index contributed by atoms with van der Waals surface area (Å²) in [6, 6.07) is 19.1. The van der Waals surface area contributed by atoms with E-state index in [1.165, 1.54) is 38.4 Å². The molecule has 0 amide bonds. The van der Waals surface area contributed by atoms with Gasteiger partial charge in [-0.05, 0) is 68.7 Å². The lowest BCUT2D eigenvalue weighted by molar-refractivity contribution is 0.358. The van der Waals surface area contributed by atoms with E-state index < -0.39 is 0 Å². The van der Waals surface area contributed by atoms with Crippen LogP contribution in [0.15, 0.2) is 54.6 Å². The molecule has 1 aliphatic rings. The zero-order chi connectivity index (χ0) is 17.8. The summed E-state index contributed by atoms with van der Waals surface area (Å²) in [7, 11) is 5.06. The summed E-state index contributed by atoms with van der Waals surface area (Å²) >= 11 is 0. The highest BCUT2D eigenvalue weighted by atomic mass is 16.5. The number of ether oxygens (including phenoxy) is 3. The molecule has 0 heterocycles. The quantitative estimate of drug-likeness (QED) is 0.396. The molecule has 0 aliphatic heterocycles. The zero-order valence-corrected chi connectivity index (χ0v) is 14.9. The van der Waals surface area contributed by atoms with Crippen molar-refractivity contribution in [3.63, 3.8) is 0 Å². The maximum Gasteiger partial charge on any atom is 0.168 e. The molecule has 0 saturated heterocycles. The number of benzene rings is 4. The van der Waals surface area contributed by atoms with Gasteiger partial charge < -0.3 is 14.2 Å². The van der Waals surface area contributed by atoms with Crippen molar-refractivity contribution in [2.24, 2.45) is 0 Å². The summed E-state index contributed by atoms with van der Waals surface area (Å²) in [4.78, 5) is 0. The second-order valence-corrected chi connectivity index (χ2v) is 6.46. The normalized spacial score (nSPS) is 11.7. The lowest BCUT2D eigenvalue weighted by atomic mass is 9.96. The lowest BCUT2D eigenvalue weighted by Gasteiger charge is -2.14. The van der Waals surface area contributed by atoms with Gasteiger partial charge in [0.05, 0.1) is 21.3 Å². The van der Waals surface area contributed by atoms with E-state index in [0.717, 1.165) is 22.6 Å². The largest absolute Gasteiger partial charge is 0.497 e. The molecule has 4 aromatic carbocycles. The van der Waals surface area contributed by atoms with E-state index in [0.29, 0.717) is 0 Å². The van der Waals surface area contributed by atoms with Gasteiger partial charge >= 0.3 is 0 Å². The lowest BCUT2D eigenvalue weighted by Crippen LogP contribution is -1.92. The molecule has 3 heteroatoms. The number of fused-ring (bicyclic) bond motifs is 5. The van der Waals surface area contributed by atoms with E-state index in [1.54, 1.807) is 21.3 Å². The molecule has 5 rings (SSSR count). The highest BCUT2D eigenvalue weighted by Crippen LogP contribution is 2.51. The van der Waals surface area contributed by atoms with Crippen LogP contribution in [0.5, 0.6) is 17.2 Å². The van der Waals surface area contributed by atoms with Crippen LogP contribution in [-0.2, 0) is 0 Å². The number of methoxy groups -OCH3 is 3. The standard InChI is InChI=1S/C23H18O3/c1-24-13-7-8-14-16-5-4-6-17-15-9-10-21(25-2)23(26-3)20(15)12-19(22(16)17)18(14)11-13/h4-12H,1-3H3. The Hall–Kier alpha value is -3.20. The predicted octanol–water partition coefficient (Wildman–Crippen LogP) is 5.67. The number of hydrogen-bond donors (Lipinski definition) is 0. The average molecular weight is 342 g/mol. The summed E-state index contributed by atoms with van der Waals surface area (Å²) in [5.74, 6) is 2.37. The first-order chi connectivity index (χ1) is 12.8. The first-order valence-electron chi connectivity index (χ1n) is 8.56. The van der Waals surface area contributed by atoms with Gasteiger partial charge in [0.2, 0.25) is 0 Å². The molecule has 0 spiro atoms. The molecule has 0 atom stereocenters.